The van der Waals surface area contributed by atoms with Crippen LogP contribution in [0, 0.1) is 0 Å². The van der Waals surface area contributed by atoms with E-state index in [1.807, 2.05) is 6.08 Å². The molecule has 0 aromatic rings. The van der Waals surface area contributed by atoms with Crippen molar-refractivity contribution in [2.45, 2.75) is 239 Å². The smallest absolute Gasteiger partial charge is 0.306 e. The summed E-state index contributed by atoms with van der Waals surface area (Å²) in [5.74, 6) is -1.00. The van der Waals surface area contributed by atoms with Crippen LogP contribution in [0.3, 0.4) is 0 Å². The van der Waals surface area contributed by atoms with Gasteiger partial charge in [-0.3, -0.25) is 14.4 Å². The number of esters is 3. The Bertz CT molecular complexity index is 1220. The second kappa shape index (κ2) is 50.2. The van der Waals surface area contributed by atoms with Crippen molar-refractivity contribution < 1.29 is 28.6 Å². The monoisotopic (exact) mass is 863 g/mol. The minimum Gasteiger partial charge on any atom is -0.462 e. The van der Waals surface area contributed by atoms with E-state index in [1.165, 1.54) is 109 Å². The van der Waals surface area contributed by atoms with Crippen molar-refractivity contribution in [2.75, 3.05) is 13.2 Å². The topological polar surface area (TPSA) is 78.9 Å². The van der Waals surface area contributed by atoms with Gasteiger partial charge in [-0.05, 0) is 83.5 Å². The quantitative estimate of drug-likeness (QED) is 0.0263. The average molecular weight is 863 g/mol. The van der Waals surface area contributed by atoms with Gasteiger partial charge < -0.3 is 14.2 Å². The third kappa shape index (κ3) is 47.6. The summed E-state index contributed by atoms with van der Waals surface area (Å²) in [5.41, 5.74) is 0. The van der Waals surface area contributed by atoms with Crippen molar-refractivity contribution >= 4 is 17.9 Å². The van der Waals surface area contributed by atoms with Gasteiger partial charge in [-0.1, -0.05) is 215 Å². The van der Waals surface area contributed by atoms with Crippen LogP contribution in [0.4, 0.5) is 0 Å². The SMILES string of the molecule is CC/C=C\C/C=C\C/C=C\C/C=C\C/C=C\C/C=C\CCC(=O)OCC(COC(=O)CCCCCCCCC)OC(=O)CCCCCCCCC/C=C\CCCCCCCCC. The summed E-state index contributed by atoms with van der Waals surface area (Å²) in [6.07, 6.45) is 64.5. The van der Waals surface area contributed by atoms with E-state index in [0.717, 1.165) is 77.0 Å². The highest BCUT2D eigenvalue weighted by Gasteiger charge is 2.19. The van der Waals surface area contributed by atoms with Crippen molar-refractivity contribution in [3.63, 3.8) is 0 Å². The van der Waals surface area contributed by atoms with E-state index in [2.05, 4.69) is 99.8 Å². The highest BCUT2D eigenvalue weighted by Crippen LogP contribution is 2.14. The first kappa shape index (κ1) is 58.6. The van der Waals surface area contributed by atoms with E-state index in [-0.39, 0.29) is 37.5 Å². The zero-order chi connectivity index (χ0) is 45.1. The lowest BCUT2D eigenvalue weighted by Gasteiger charge is -2.18. The third-order valence-corrected chi connectivity index (χ3v) is 10.6. The summed E-state index contributed by atoms with van der Waals surface area (Å²) < 4.78 is 16.6. The number of allylic oxidation sites excluding steroid dienone is 14. The van der Waals surface area contributed by atoms with Gasteiger partial charge >= 0.3 is 17.9 Å². The molecule has 0 bridgehead atoms. The van der Waals surface area contributed by atoms with Crippen LogP contribution in [0.1, 0.15) is 233 Å². The molecular formula is C56H94O6. The molecule has 0 aliphatic rings. The summed E-state index contributed by atoms with van der Waals surface area (Å²) in [6, 6.07) is 0. The Morgan fingerprint density at radius 3 is 1.08 bits per heavy atom. The predicted octanol–water partition coefficient (Wildman–Crippen LogP) is 16.8. The molecule has 0 spiro atoms. The number of ether oxygens (including phenoxy) is 3. The first-order chi connectivity index (χ1) is 30.5. The summed E-state index contributed by atoms with van der Waals surface area (Å²) in [7, 11) is 0. The van der Waals surface area contributed by atoms with Gasteiger partial charge in [-0.25, -0.2) is 0 Å². The largest absolute Gasteiger partial charge is 0.462 e. The lowest BCUT2D eigenvalue weighted by atomic mass is 10.1. The van der Waals surface area contributed by atoms with Gasteiger partial charge in [-0.15, -0.1) is 0 Å². The fraction of sp³-hybridized carbons (Fsp3) is 0.696. The molecule has 0 radical (unpaired) electrons. The van der Waals surface area contributed by atoms with Gasteiger partial charge in [0.15, 0.2) is 6.10 Å². The molecule has 0 aromatic heterocycles. The van der Waals surface area contributed by atoms with E-state index in [0.29, 0.717) is 19.3 Å². The van der Waals surface area contributed by atoms with Crippen LogP contribution in [0.5, 0.6) is 0 Å². The standard InChI is InChI=1S/C56H94O6/c1-4-7-10-13-16-18-20-22-24-26-28-30-31-33-35-37-40-43-46-49-55(58)61-52-53(51-60-54(57)48-45-42-39-15-12-9-6-3)62-56(59)50-47-44-41-38-36-34-32-29-27-25-23-21-19-17-14-11-8-5-2/h7,10,16,18,22,24-25,27-28,30,33,35,40,43,53H,4-6,8-9,11-15,17,19-21,23,26,29,31-32,34,36-39,41-42,44-52H2,1-3H3/b10-7-,18-16-,24-22-,27-25-,30-28-,35-33-,43-40-. The zero-order valence-corrected chi connectivity index (χ0v) is 40.4. The van der Waals surface area contributed by atoms with E-state index in [1.54, 1.807) is 0 Å². The molecule has 354 valence electrons. The van der Waals surface area contributed by atoms with E-state index in [4.69, 9.17) is 14.2 Å². The maximum atomic E-state index is 12.8. The molecule has 0 fully saturated rings. The van der Waals surface area contributed by atoms with Gasteiger partial charge in [0.25, 0.3) is 0 Å². The minimum absolute atomic E-state index is 0.101. The number of unbranched alkanes of at least 4 members (excludes halogenated alkanes) is 20. The minimum atomic E-state index is -0.806. The molecule has 1 atom stereocenters. The zero-order valence-electron chi connectivity index (χ0n) is 40.4. The molecule has 0 saturated carbocycles. The molecule has 0 aromatic carbocycles. The van der Waals surface area contributed by atoms with Crippen molar-refractivity contribution in [3.05, 3.63) is 85.1 Å². The molecule has 6 nitrogen and oxygen atoms in total. The predicted molar refractivity (Wildman–Crippen MR) is 265 cm³/mol. The summed E-state index contributed by atoms with van der Waals surface area (Å²) >= 11 is 0. The molecule has 0 rings (SSSR count). The van der Waals surface area contributed by atoms with Crippen molar-refractivity contribution in [2.24, 2.45) is 0 Å². The van der Waals surface area contributed by atoms with Gasteiger partial charge in [0.1, 0.15) is 13.2 Å². The van der Waals surface area contributed by atoms with E-state index < -0.39 is 6.10 Å². The first-order valence-electron chi connectivity index (χ1n) is 25.6. The fourth-order valence-electron chi connectivity index (χ4n) is 6.81. The molecule has 0 amide bonds. The first-order valence-corrected chi connectivity index (χ1v) is 25.6. The second-order valence-corrected chi connectivity index (χ2v) is 16.7. The van der Waals surface area contributed by atoms with Crippen molar-refractivity contribution in [3.8, 4) is 0 Å². The third-order valence-electron chi connectivity index (χ3n) is 10.6. The van der Waals surface area contributed by atoms with Crippen LogP contribution < -0.4 is 0 Å². The van der Waals surface area contributed by atoms with Crippen molar-refractivity contribution in [1.29, 1.82) is 0 Å². The fourth-order valence-corrected chi connectivity index (χ4v) is 6.81. The summed E-state index contributed by atoms with van der Waals surface area (Å²) in [4.78, 5) is 37.8. The maximum absolute atomic E-state index is 12.8. The van der Waals surface area contributed by atoms with Crippen LogP contribution >= 0.6 is 0 Å². The summed E-state index contributed by atoms with van der Waals surface area (Å²) in [5, 5.41) is 0. The number of carbonyl (C=O) groups is 3. The van der Waals surface area contributed by atoms with E-state index in [9.17, 15) is 14.4 Å². The lowest BCUT2D eigenvalue weighted by molar-refractivity contribution is -0.166. The lowest BCUT2D eigenvalue weighted by Crippen LogP contribution is -2.30. The van der Waals surface area contributed by atoms with Gasteiger partial charge in [0.2, 0.25) is 0 Å². The molecule has 0 aliphatic carbocycles. The molecule has 0 aliphatic heterocycles. The highest BCUT2D eigenvalue weighted by molar-refractivity contribution is 5.71. The van der Waals surface area contributed by atoms with E-state index >= 15 is 0 Å². The molecular weight excluding hydrogens is 769 g/mol. The van der Waals surface area contributed by atoms with Gasteiger partial charge in [-0.2, -0.15) is 0 Å². The molecule has 0 heterocycles. The molecule has 0 N–H and O–H groups in total. The van der Waals surface area contributed by atoms with Crippen LogP contribution in [0.25, 0.3) is 0 Å². The Kier molecular flexibility index (Phi) is 47.5. The average Bonchev–Trinajstić information content (AvgIpc) is 3.27. The van der Waals surface area contributed by atoms with Crippen LogP contribution in [-0.2, 0) is 28.6 Å². The normalized spacial score (nSPS) is 12.8. The molecule has 6 heteroatoms. The van der Waals surface area contributed by atoms with Crippen LogP contribution in [0.15, 0.2) is 85.1 Å². The van der Waals surface area contributed by atoms with Gasteiger partial charge in [0.05, 0.1) is 0 Å². The van der Waals surface area contributed by atoms with Crippen LogP contribution in [0.2, 0.25) is 0 Å². The molecule has 62 heavy (non-hydrogen) atoms. The Morgan fingerprint density at radius 1 is 0.339 bits per heavy atom. The van der Waals surface area contributed by atoms with Gasteiger partial charge in [0, 0.05) is 19.3 Å². The number of hydrogen-bond acceptors (Lipinski definition) is 6. The van der Waals surface area contributed by atoms with Crippen LogP contribution in [-0.4, -0.2) is 37.2 Å². The number of rotatable bonds is 45. The number of hydrogen-bond donors (Lipinski definition) is 0. The summed E-state index contributed by atoms with van der Waals surface area (Å²) in [6.45, 7) is 6.40. The van der Waals surface area contributed by atoms with Crippen molar-refractivity contribution in [1.82, 2.24) is 0 Å². The number of carbonyl (C=O) groups excluding carboxylic acids is 3. The molecule has 0 saturated heterocycles. The Morgan fingerprint density at radius 2 is 0.661 bits per heavy atom. The molecule has 1 unspecified atom stereocenters. The highest BCUT2D eigenvalue weighted by atomic mass is 16.6. The Balaban J connectivity index is 4.39. The second-order valence-electron chi connectivity index (χ2n) is 16.7. The Labute approximate surface area is 382 Å². The maximum Gasteiger partial charge on any atom is 0.306 e. The Hall–Kier alpha value is -3.41.